The number of hydrogen-bond donors (Lipinski definition) is 1. The molecule has 2 heteroatoms. The Morgan fingerprint density at radius 1 is 1.22 bits per heavy atom. The van der Waals surface area contributed by atoms with Crippen molar-refractivity contribution in [3.05, 3.63) is 17.7 Å². The number of rotatable bonds is 7. The minimum absolute atomic E-state index is 0.219. The monoisotopic (exact) mass is 250 g/mol. The van der Waals surface area contributed by atoms with Gasteiger partial charge in [0.05, 0.1) is 0 Å². The highest BCUT2D eigenvalue weighted by molar-refractivity contribution is 5.14. The fraction of sp³-hybridized carbons (Fsp3) is 0.812. The lowest BCUT2D eigenvalue weighted by molar-refractivity contribution is 0.437. The van der Waals surface area contributed by atoms with Gasteiger partial charge in [-0.05, 0) is 12.3 Å². The Labute approximate surface area is 113 Å². The molecule has 18 heavy (non-hydrogen) atoms. The van der Waals surface area contributed by atoms with Gasteiger partial charge >= 0.3 is 0 Å². The second kappa shape index (κ2) is 6.40. The number of nitrogens with one attached hydrogen (secondary N) is 1. The Kier molecular flexibility index (Phi) is 5.43. The number of aromatic nitrogens is 2. The number of hydrogen-bond acceptors (Lipinski definition) is 1. The molecule has 0 bridgehead atoms. The predicted octanol–water partition coefficient (Wildman–Crippen LogP) is 5.03. The molecule has 0 radical (unpaired) electrons. The third-order valence-electron chi connectivity index (χ3n) is 4.16. The quantitative estimate of drug-likeness (QED) is 0.676. The van der Waals surface area contributed by atoms with Crippen molar-refractivity contribution in [2.75, 3.05) is 0 Å². The van der Waals surface area contributed by atoms with Gasteiger partial charge in [0.25, 0.3) is 0 Å². The van der Waals surface area contributed by atoms with Crippen LogP contribution < -0.4 is 0 Å². The smallest absolute Gasteiger partial charge is 0.109 e. The molecule has 0 aliphatic carbocycles. The number of imidazole rings is 1. The lowest BCUT2D eigenvalue weighted by Crippen LogP contribution is -2.18. The van der Waals surface area contributed by atoms with Crippen LogP contribution in [0.3, 0.4) is 0 Å². The first-order valence-electron chi connectivity index (χ1n) is 7.44. The van der Waals surface area contributed by atoms with E-state index in [9.17, 15) is 0 Å². The Hall–Kier alpha value is -0.790. The van der Waals surface area contributed by atoms with Crippen LogP contribution in [-0.2, 0) is 5.41 Å². The molecule has 1 aromatic heterocycles. The van der Waals surface area contributed by atoms with E-state index in [0.29, 0.717) is 11.8 Å². The molecule has 0 fully saturated rings. The minimum Gasteiger partial charge on any atom is -0.345 e. The van der Waals surface area contributed by atoms with Crippen LogP contribution in [0.4, 0.5) is 0 Å². The summed E-state index contributed by atoms with van der Waals surface area (Å²) in [5.41, 5.74) is 1.51. The maximum absolute atomic E-state index is 4.58. The highest BCUT2D eigenvalue weighted by Crippen LogP contribution is 2.30. The number of H-pyrrole nitrogens is 1. The SMILES string of the molecule is CCCCCC(C)(C)c1cnc(C(C)C(C)C)[nH]1. The van der Waals surface area contributed by atoms with Crippen molar-refractivity contribution in [1.82, 2.24) is 9.97 Å². The molecule has 1 unspecified atom stereocenters. The molecule has 1 heterocycles. The van der Waals surface area contributed by atoms with E-state index in [1.165, 1.54) is 31.4 Å². The summed E-state index contributed by atoms with van der Waals surface area (Å²) in [4.78, 5) is 8.13. The zero-order valence-electron chi connectivity index (χ0n) is 13.0. The van der Waals surface area contributed by atoms with Crippen LogP contribution in [0.25, 0.3) is 0 Å². The van der Waals surface area contributed by atoms with Crippen molar-refractivity contribution in [3.8, 4) is 0 Å². The van der Waals surface area contributed by atoms with Gasteiger partial charge in [0.1, 0.15) is 5.82 Å². The summed E-state index contributed by atoms with van der Waals surface area (Å²) < 4.78 is 0. The zero-order valence-corrected chi connectivity index (χ0v) is 13.0. The molecule has 0 spiro atoms. The van der Waals surface area contributed by atoms with Gasteiger partial charge < -0.3 is 4.98 Å². The highest BCUT2D eigenvalue weighted by atomic mass is 14.9. The van der Waals surface area contributed by atoms with E-state index in [0.717, 1.165) is 5.82 Å². The first kappa shape index (κ1) is 15.3. The van der Waals surface area contributed by atoms with E-state index in [-0.39, 0.29) is 5.41 Å². The van der Waals surface area contributed by atoms with E-state index in [2.05, 4.69) is 51.5 Å². The van der Waals surface area contributed by atoms with Crippen molar-refractivity contribution >= 4 is 0 Å². The molecule has 0 saturated carbocycles. The molecule has 0 saturated heterocycles. The van der Waals surface area contributed by atoms with Gasteiger partial charge in [-0.25, -0.2) is 4.98 Å². The maximum Gasteiger partial charge on any atom is 0.109 e. The molecule has 2 nitrogen and oxygen atoms in total. The molecule has 0 amide bonds. The maximum atomic E-state index is 4.58. The minimum atomic E-state index is 0.219. The van der Waals surface area contributed by atoms with Crippen molar-refractivity contribution in [2.45, 2.75) is 78.6 Å². The topological polar surface area (TPSA) is 28.7 Å². The van der Waals surface area contributed by atoms with Crippen LogP contribution in [0.5, 0.6) is 0 Å². The van der Waals surface area contributed by atoms with Crippen molar-refractivity contribution in [2.24, 2.45) is 5.92 Å². The van der Waals surface area contributed by atoms with Crippen LogP contribution in [0.15, 0.2) is 6.20 Å². The molecule has 104 valence electrons. The van der Waals surface area contributed by atoms with E-state index in [1.54, 1.807) is 0 Å². The standard InChI is InChI=1S/C16H30N2/c1-7-8-9-10-16(5,6)14-11-17-15(18-14)13(4)12(2)3/h11-13H,7-10H2,1-6H3,(H,17,18). The van der Waals surface area contributed by atoms with Crippen LogP contribution >= 0.6 is 0 Å². The Bertz CT molecular complexity index is 350. The molecule has 1 atom stereocenters. The number of nitrogens with zero attached hydrogens (tertiary/aromatic N) is 1. The predicted molar refractivity (Wildman–Crippen MR) is 79.0 cm³/mol. The van der Waals surface area contributed by atoms with Crippen LogP contribution in [-0.4, -0.2) is 9.97 Å². The second-order valence-corrected chi connectivity index (χ2v) is 6.56. The molecule has 1 aromatic rings. The molecule has 0 aliphatic rings. The summed E-state index contributed by atoms with van der Waals surface area (Å²) in [6, 6.07) is 0. The molecular weight excluding hydrogens is 220 g/mol. The zero-order chi connectivity index (χ0) is 13.8. The summed E-state index contributed by atoms with van der Waals surface area (Å²) in [6.45, 7) is 13.6. The molecule has 0 aliphatic heterocycles. The summed E-state index contributed by atoms with van der Waals surface area (Å²) in [5, 5.41) is 0. The molecule has 0 aromatic carbocycles. The lowest BCUT2D eigenvalue weighted by Gasteiger charge is -2.23. The van der Waals surface area contributed by atoms with Gasteiger partial charge in [0, 0.05) is 23.2 Å². The summed E-state index contributed by atoms with van der Waals surface area (Å²) in [5.74, 6) is 2.28. The van der Waals surface area contributed by atoms with Crippen molar-refractivity contribution < 1.29 is 0 Å². The van der Waals surface area contributed by atoms with Crippen molar-refractivity contribution in [3.63, 3.8) is 0 Å². The molecule has 1 N–H and O–H groups in total. The summed E-state index contributed by atoms with van der Waals surface area (Å²) in [6.07, 6.45) is 7.19. The average molecular weight is 250 g/mol. The van der Waals surface area contributed by atoms with Gasteiger partial charge in [0.15, 0.2) is 0 Å². The van der Waals surface area contributed by atoms with E-state index < -0.39 is 0 Å². The lowest BCUT2D eigenvalue weighted by atomic mass is 9.84. The summed E-state index contributed by atoms with van der Waals surface area (Å²) >= 11 is 0. The Morgan fingerprint density at radius 2 is 1.89 bits per heavy atom. The average Bonchev–Trinajstić information content (AvgIpc) is 2.78. The van der Waals surface area contributed by atoms with E-state index in [1.807, 2.05) is 6.20 Å². The summed E-state index contributed by atoms with van der Waals surface area (Å²) in [7, 11) is 0. The third-order valence-corrected chi connectivity index (χ3v) is 4.16. The van der Waals surface area contributed by atoms with E-state index >= 15 is 0 Å². The molecular formula is C16H30N2. The third kappa shape index (κ3) is 3.86. The van der Waals surface area contributed by atoms with Gasteiger partial charge in [-0.3, -0.25) is 0 Å². The van der Waals surface area contributed by atoms with Crippen LogP contribution in [0.2, 0.25) is 0 Å². The Balaban J connectivity index is 2.71. The van der Waals surface area contributed by atoms with Gasteiger partial charge in [-0.15, -0.1) is 0 Å². The highest BCUT2D eigenvalue weighted by Gasteiger charge is 2.24. The number of aromatic amines is 1. The fourth-order valence-corrected chi connectivity index (χ4v) is 2.18. The van der Waals surface area contributed by atoms with Crippen LogP contribution in [0.1, 0.15) is 84.7 Å². The Morgan fingerprint density at radius 3 is 2.44 bits per heavy atom. The van der Waals surface area contributed by atoms with Gasteiger partial charge in [0.2, 0.25) is 0 Å². The largest absolute Gasteiger partial charge is 0.345 e. The van der Waals surface area contributed by atoms with E-state index in [4.69, 9.17) is 0 Å². The first-order valence-corrected chi connectivity index (χ1v) is 7.44. The van der Waals surface area contributed by atoms with Crippen molar-refractivity contribution in [1.29, 1.82) is 0 Å². The first-order chi connectivity index (χ1) is 8.38. The van der Waals surface area contributed by atoms with Crippen LogP contribution in [0, 0.1) is 5.92 Å². The normalized spacial score (nSPS) is 14.2. The van der Waals surface area contributed by atoms with Gasteiger partial charge in [-0.2, -0.15) is 0 Å². The molecule has 1 rings (SSSR count). The number of unbranched alkanes of at least 4 members (excludes halogenated alkanes) is 2. The second-order valence-electron chi connectivity index (χ2n) is 6.56. The van der Waals surface area contributed by atoms with Gasteiger partial charge in [-0.1, -0.05) is 60.8 Å². The fourth-order valence-electron chi connectivity index (χ4n) is 2.18.